The van der Waals surface area contributed by atoms with Gasteiger partial charge in [-0.1, -0.05) is 0 Å². The Labute approximate surface area is 90.9 Å². The van der Waals surface area contributed by atoms with Gasteiger partial charge in [0.05, 0.1) is 0 Å². The van der Waals surface area contributed by atoms with Crippen LogP contribution in [0, 0.1) is 13.8 Å². The van der Waals surface area contributed by atoms with E-state index in [1.807, 2.05) is 0 Å². The van der Waals surface area contributed by atoms with Crippen LogP contribution in [0.3, 0.4) is 0 Å². The fraction of sp³-hybridized carbons (Fsp3) is 0.333. The Morgan fingerprint density at radius 2 is 1.80 bits per heavy atom. The number of halogens is 2. The Hall–Kier alpha value is 1.24. The maximum atomic E-state index is 2.33. The first-order valence-electron chi connectivity index (χ1n) is 2.58. The molecule has 0 nitrogen and oxygen atoms in total. The average molecular weight is 273 g/mol. The van der Waals surface area contributed by atoms with Crippen LogP contribution in [0.25, 0.3) is 0 Å². The molecule has 0 aromatic carbocycles. The third-order valence-corrected chi connectivity index (χ3v) is 4.63. The molecule has 55 valence electrons. The van der Waals surface area contributed by atoms with Gasteiger partial charge in [-0.05, 0) is 0 Å². The summed E-state index contributed by atoms with van der Waals surface area (Å²) in [5.41, 5.74) is 3.04. The van der Waals surface area contributed by atoms with E-state index in [1.54, 1.807) is 33.3 Å². The van der Waals surface area contributed by atoms with Crippen molar-refractivity contribution < 1.29 is 49.5 Å². The van der Waals surface area contributed by atoms with Gasteiger partial charge in [-0.25, -0.2) is 0 Å². The molecule has 0 fully saturated rings. The van der Waals surface area contributed by atoms with Crippen LogP contribution in [0.4, 0.5) is 0 Å². The molecule has 0 aliphatic heterocycles. The fourth-order valence-corrected chi connectivity index (χ4v) is 2.60. The summed E-state index contributed by atoms with van der Waals surface area (Å²) in [5, 5.41) is 0. The van der Waals surface area contributed by atoms with Crippen LogP contribution in [0.1, 0.15) is 11.1 Å². The van der Waals surface area contributed by atoms with Crippen LogP contribution in [-0.4, -0.2) is 0 Å². The van der Waals surface area contributed by atoms with Gasteiger partial charge in [0, 0.05) is 0 Å². The minimum atomic E-state index is 0. The first kappa shape index (κ1) is 13.8. The fourth-order valence-electron chi connectivity index (χ4n) is 0.594. The van der Waals surface area contributed by atoms with Gasteiger partial charge in [0.25, 0.3) is 0 Å². The topological polar surface area (TPSA) is 0 Å². The van der Waals surface area contributed by atoms with Crippen molar-refractivity contribution in [3.63, 3.8) is 0 Å². The zero-order valence-electron chi connectivity index (χ0n) is 5.83. The first-order valence-corrected chi connectivity index (χ1v) is 4.88. The summed E-state index contributed by atoms with van der Waals surface area (Å²) < 4.78 is 1.65. The first-order chi connectivity index (χ1) is 3.72. The minimum absolute atomic E-state index is 0. The summed E-state index contributed by atoms with van der Waals surface area (Å²) in [4.78, 5) is 0. The van der Waals surface area contributed by atoms with E-state index in [1.165, 1.54) is 5.56 Å². The van der Waals surface area contributed by atoms with Crippen LogP contribution in [-0.2, 0) is 24.7 Å². The molecule has 0 saturated heterocycles. The van der Waals surface area contributed by atoms with Crippen LogP contribution in [0.2, 0.25) is 0 Å². The third kappa shape index (κ3) is 3.10. The standard InChI is InChI=1S/C6H8P.2ClH.Zr/c1-5-3-7-4-6(5)2;;;/h3,7H,1-2H3;2*1H;/q;;;+2/p-2. The Balaban J connectivity index is 0. The predicted octanol–water partition coefficient (Wildman–Crippen LogP) is -4.49. The molecule has 0 saturated carbocycles. The summed E-state index contributed by atoms with van der Waals surface area (Å²) in [6.45, 7) is 4.41. The second-order valence-corrected chi connectivity index (χ2v) is 5.51. The molecular formula is C6H8Cl2PZr. The smallest absolute Gasteiger partial charge is 1.00 e. The zero-order chi connectivity index (χ0) is 6.15. The molecule has 1 atom stereocenters. The van der Waals surface area contributed by atoms with Gasteiger partial charge in [0.15, 0.2) is 0 Å². The molecule has 0 radical (unpaired) electrons. The van der Waals surface area contributed by atoms with E-state index >= 15 is 0 Å². The normalized spacial score (nSPS) is 8.80. The SMILES string of the molecule is Cc1c[pH][c]([Zr+2])c1C.[Cl-].[Cl-]. The molecule has 1 rings (SSSR count). The molecule has 1 unspecified atom stereocenters. The Kier molecular flexibility index (Phi) is 8.06. The summed E-state index contributed by atoms with van der Waals surface area (Å²) in [6, 6.07) is 0. The maximum Gasteiger partial charge on any atom is -1.00 e. The van der Waals surface area contributed by atoms with Crippen LogP contribution in [0.5, 0.6) is 0 Å². The summed E-state index contributed by atoms with van der Waals surface area (Å²) in [6.07, 6.45) is 0. The molecule has 0 aliphatic rings. The molecule has 0 bridgehead atoms. The average Bonchev–Trinajstić information content (AvgIpc) is 1.98. The van der Waals surface area contributed by atoms with Gasteiger partial charge < -0.3 is 24.8 Å². The number of rotatable bonds is 0. The van der Waals surface area contributed by atoms with Gasteiger partial charge in [-0.15, -0.1) is 0 Å². The number of hydrogen-bond donors (Lipinski definition) is 0. The second-order valence-electron chi connectivity index (χ2n) is 1.97. The van der Waals surface area contributed by atoms with E-state index in [4.69, 9.17) is 0 Å². The zero-order valence-corrected chi connectivity index (χ0v) is 10.8. The van der Waals surface area contributed by atoms with Gasteiger partial charge in [0.2, 0.25) is 0 Å². The van der Waals surface area contributed by atoms with Crippen molar-refractivity contribution in [2.75, 3.05) is 0 Å². The van der Waals surface area contributed by atoms with Crippen LogP contribution < -0.4 is 27.8 Å². The quantitative estimate of drug-likeness (QED) is 0.447. The van der Waals surface area contributed by atoms with E-state index in [9.17, 15) is 0 Å². The van der Waals surface area contributed by atoms with Crippen LogP contribution in [0.15, 0.2) is 5.80 Å². The van der Waals surface area contributed by atoms with E-state index in [-0.39, 0.29) is 24.8 Å². The summed E-state index contributed by atoms with van der Waals surface area (Å²) in [7, 11) is 1.00. The molecule has 0 N–H and O–H groups in total. The van der Waals surface area contributed by atoms with Gasteiger partial charge in [0.1, 0.15) is 0 Å². The summed E-state index contributed by atoms with van der Waals surface area (Å²) >= 11 is 1.60. The predicted molar refractivity (Wildman–Crippen MR) is 35.1 cm³/mol. The molecule has 1 heterocycles. The largest absolute Gasteiger partial charge is 1.00 e. The molecule has 0 aliphatic carbocycles. The Morgan fingerprint density at radius 1 is 1.30 bits per heavy atom. The molecular weight excluding hydrogens is 265 g/mol. The van der Waals surface area contributed by atoms with Crippen molar-refractivity contribution >= 4 is 11.2 Å². The van der Waals surface area contributed by atoms with Gasteiger partial charge in [-0.3, -0.25) is 0 Å². The minimum Gasteiger partial charge on any atom is -1.00 e. The second kappa shape index (κ2) is 5.84. The third-order valence-electron chi connectivity index (χ3n) is 1.40. The van der Waals surface area contributed by atoms with Crippen molar-refractivity contribution in [3.05, 3.63) is 16.9 Å². The molecule has 1 aromatic heterocycles. The van der Waals surface area contributed by atoms with E-state index in [0.717, 1.165) is 8.19 Å². The van der Waals surface area contributed by atoms with Crippen molar-refractivity contribution in [1.29, 1.82) is 0 Å². The van der Waals surface area contributed by atoms with Gasteiger partial charge in [-0.2, -0.15) is 0 Å². The Bertz CT molecular complexity index is 178. The number of aryl methyl sites for hydroxylation is 1. The van der Waals surface area contributed by atoms with Crippen molar-refractivity contribution in [2.45, 2.75) is 13.8 Å². The van der Waals surface area contributed by atoms with E-state index in [0.29, 0.717) is 0 Å². The Morgan fingerprint density at radius 3 is 1.90 bits per heavy atom. The maximum absolute atomic E-state index is 2.33. The molecule has 4 heteroatoms. The van der Waals surface area contributed by atoms with E-state index < -0.39 is 0 Å². The van der Waals surface area contributed by atoms with Crippen molar-refractivity contribution in [2.24, 2.45) is 0 Å². The van der Waals surface area contributed by atoms with Crippen LogP contribution >= 0.6 is 8.19 Å². The molecule has 0 spiro atoms. The molecule has 1 aromatic rings. The number of hydrogen-bond acceptors (Lipinski definition) is 0. The van der Waals surface area contributed by atoms with E-state index in [2.05, 4.69) is 19.6 Å². The summed E-state index contributed by atoms with van der Waals surface area (Å²) in [5.74, 6) is 2.33. The molecule has 0 amide bonds. The van der Waals surface area contributed by atoms with Crippen molar-refractivity contribution in [3.8, 4) is 0 Å². The van der Waals surface area contributed by atoms with Crippen molar-refractivity contribution in [1.82, 2.24) is 0 Å². The molecule has 10 heavy (non-hydrogen) atoms. The monoisotopic (exact) mass is 271 g/mol. The van der Waals surface area contributed by atoms with Gasteiger partial charge >= 0.3 is 66.7 Å².